The number of hydrogen-bond acceptors (Lipinski definition) is 0. The Hall–Kier alpha value is -2.08. The molecule has 3 rings (SSSR count). The Kier molecular flexibility index (Phi) is 5.81. The molecule has 0 bridgehead atoms. The fourth-order valence-electron chi connectivity index (χ4n) is 2.90. The van der Waals surface area contributed by atoms with Crippen LogP contribution in [0.4, 0.5) is 0 Å². The van der Waals surface area contributed by atoms with Crippen molar-refractivity contribution >= 4 is 37.4 Å². The third-order valence-electron chi connectivity index (χ3n) is 3.93. The standard InChI is InChI=1S/C23H25NPSi/c1-26(2,3)24-25(22-15-9-5-10-16-22,23-17-11-6-12-18-23)20-19-21-13-7-4-8-14-21/h4-19H,1-3H3/q-1. The molecule has 3 heteroatoms. The van der Waals surface area contributed by atoms with Gasteiger partial charge in [0.25, 0.3) is 0 Å². The summed E-state index contributed by atoms with van der Waals surface area (Å²) in [5.41, 5.74) is 4.95. The number of benzene rings is 3. The minimum absolute atomic E-state index is 1.16. The second-order valence-corrected chi connectivity index (χ2v) is 15.0. The number of hydrogen-bond donors (Lipinski definition) is 0. The van der Waals surface area contributed by atoms with Gasteiger partial charge in [-0.05, 0) is 22.2 Å². The maximum Gasteiger partial charge on any atom is -0.0142 e. The van der Waals surface area contributed by atoms with E-state index in [0.717, 1.165) is 5.56 Å². The minimum atomic E-state index is -2.11. The first-order valence-electron chi connectivity index (χ1n) is 8.90. The fraction of sp³-hybridized carbons (Fsp3) is 0.130. The third kappa shape index (κ3) is 4.55. The molecular weight excluding hydrogens is 349 g/mol. The summed E-state index contributed by atoms with van der Waals surface area (Å²) in [7, 11) is -3.81. The van der Waals surface area contributed by atoms with Crippen molar-refractivity contribution in [2.45, 2.75) is 19.6 Å². The fourth-order valence-corrected chi connectivity index (χ4v) is 9.79. The molecule has 0 amide bonds. The van der Waals surface area contributed by atoms with Gasteiger partial charge in [-0.3, -0.25) is 0 Å². The highest BCUT2D eigenvalue weighted by Crippen LogP contribution is 2.53. The molecule has 0 spiro atoms. The van der Waals surface area contributed by atoms with Crippen molar-refractivity contribution in [3.05, 3.63) is 101 Å². The van der Waals surface area contributed by atoms with E-state index in [1.54, 1.807) is 0 Å². The summed E-state index contributed by atoms with van der Waals surface area (Å²) >= 11 is 0. The molecule has 132 valence electrons. The summed E-state index contributed by atoms with van der Waals surface area (Å²) in [5.74, 6) is 0. The zero-order valence-electron chi connectivity index (χ0n) is 15.6. The molecule has 0 aliphatic carbocycles. The largest absolute Gasteiger partial charge is 0.625 e. The average Bonchev–Trinajstić information content (AvgIpc) is 2.66. The van der Waals surface area contributed by atoms with E-state index in [-0.39, 0.29) is 0 Å². The lowest BCUT2D eigenvalue weighted by Crippen LogP contribution is -2.26. The summed E-state index contributed by atoms with van der Waals surface area (Å²) in [4.78, 5) is 0. The molecule has 0 fully saturated rings. The van der Waals surface area contributed by atoms with Crippen molar-refractivity contribution in [2.75, 3.05) is 0 Å². The molecular formula is C23H25NPSi-. The molecule has 0 saturated heterocycles. The van der Waals surface area contributed by atoms with Gasteiger partial charge in [0, 0.05) is 0 Å². The second kappa shape index (κ2) is 8.08. The van der Waals surface area contributed by atoms with Crippen LogP contribution in [0.3, 0.4) is 0 Å². The van der Waals surface area contributed by atoms with E-state index >= 15 is 0 Å². The Balaban J connectivity index is 2.34. The van der Waals surface area contributed by atoms with Crippen molar-refractivity contribution in [1.82, 2.24) is 0 Å². The van der Waals surface area contributed by atoms with E-state index in [0.29, 0.717) is 0 Å². The van der Waals surface area contributed by atoms with Gasteiger partial charge in [-0.1, -0.05) is 119 Å². The average molecular weight is 375 g/mol. The first-order valence-corrected chi connectivity index (χ1v) is 14.1. The van der Waals surface area contributed by atoms with Gasteiger partial charge in [-0.2, -0.15) is 0 Å². The number of nitrogens with zero attached hydrogens (tertiary/aromatic N) is 1. The highest BCUT2D eigenvalue weighted by Gasteiger charge is 2.16. The van der Waals surface area contributed by atoms with Crippen LogP contribution in [0.1, 0.15) is 5.56 Å². The van der Waals surface area contributed by atoms with E-state index < -0.39 is 15.3 Å². The van der Waals surface area contributed by atoms with Crippen molar-refractivity contribution in [3.8, 4) is 0 Å². The predicted octanol–water partition coefficient (Wildman–Crippen LogP) is 5.89. The van der Waals surface area contributed by atoms with Gasteiger partial charge in [0.1, 0.15) is 0 Å². The van der Waals surface area contributed by atoms with Gasteiger partial charge in [-0.15, -0.1) is 12.5 Å². The van der Waals surface area contributed by atoms with Crippen LogP contribution >= 0.6 is 7.04 Å². The van der Waals surface area contributed by atoms with E-state index in [1.165, 1.54) is 10.6 Å². The summed E-state index contributed by atoms with van der Waals surface area (Å²) in [6, 6.07) is 31.8. The topological polar surface area (TPSA) is 14.1 Å². The van der Waals surface area contributed by atoms with Crippen LogP contribution in [0.2, 0.25) is 19.6 Å². The monoisotopic (exact) mass is 374 g/mol. The summed E-state index contributed by atoms with van der Waals surface area (Å²) < 4.78 is 5.50. The van der Waals surface area contributed by atoms with Crippen LogP contribution in [0.25, 0.3) is 10.8 Å². The lowest BCUT2D eigenvalue weighted by atomic mass is 10.2. The maximum absolute atomic E-state index is 5.50. The molecule has 0 N–H and O–H groups in total. The van der Waals surface area contributed by atoms with Crippen LogP contribution < -0.4 is 10.6 Å². The van der Waals surface area contributed by atoms with Crippen LogP contribution in [-0.2, 0) is 0 Å². The SMILES string of the molecule is C[Si](C)(C)[N-]P(=C=Cc1ccccc1)(c1ccccc1)c1ccccc1. The lowest BCUT2D eigenvalue weighted by Gasteiger charge is -2.47. The predicted molar refractivity (Wildman–Crippen MR) is 122 cm³/mol. The molecule has 0 saturated carbocycles. The first kappa shape index (κ1) is 18.7. The van der Waals surface area contributed by atoms with Gasteiger partial charge in [-0.25, -0.2) is 0 Å². The molecule has 1 nitrogen and oxygen atoms in total. The van der Waals surface area contributed by atoms with E-state index in [9.17, 15) is 0 Å². The molecule has 26 heavy (non-hydrogen) atoms. The molecule has 3 aromatic carbocycles. The molecule has 0 unspecified atom stereocenters. The van der Waals surface area contributed by atoms with Gasteiger partial charge >= 0.3 is 0 Å². The smallest absolute Gasteiger partial charge is 0.0142 e. The maximum atomic E-state index is 5.50. The molecule has 0 aromatic heterocycles. The zero-order valence-corrected chi connectivity index (χ0v) is 17.5. The van der Waals surface area contributed by atoms with Crippen molar-refractivity contribution in [3.63, 3.8) is 0 Å². The van der Waals surface area contributed by atoms with Gasteiger partial charge < -0.3 is 4.75 Å². The molecule has 0 heterocycles. The van der Waals surface area contributed by atoms with E-state index in [2.05, 4.69) is 116 Å². The number of rotatable bonds is 5. The molecule has 3 aromatic rings. The van der Waals surface area contributed by atoms with Crippen LogP contribution in [-0.4, -0.2) is 13.7 Å². The minimum Gasteiger partial charge on any atom is -0.625 e. The van der Waals surface area contributed by atoms with Crippen molar-refractivity contribution in [2.24, 2.45) is 0 Å². The summed E-state index contributed by atoms with van der Waals surface area (Å²) in [6.45, 7) is 6.91. The van der Waals surface area contributed by atoms with Crippen LogP contribution in [0.15, 0.2) is 91.0 Å². The van der Waals surface area contributed by atoms with Crippen molar-refractivity contribution < 1.29 is 0 Å². The van der Waals surface area contributed by atoms with Gasteiger partial charge in [0.2, 0.25) is 0 Å². The van der Waals surface area contributed by atoms with Gasteiger partial charge in [0.05, 0.1) is 0 Å². The Bertz CT molecular complexity index is 879. The van der Waals surface area contributed by atoms with Gasteiger partial charge in [0.15, 0.2) is 0 Å². The lowest BCUT2D eigenvalue weighted by molar-refractivity contribution is 1.67. The summed E-state index contributed by atoms with van der Waals surface area (Å²) in [6.07, 6.45) is 2.12. The first-order chi connectivity index (χ1) is 12.5. The Morgan fingerprint density at radius 3 is 1.54 bits per heavy atom. The second-order valence-electron chi connectivity index (χ2n) is 7.26. The van der Waals surface area contributed by atoms with Crippen LogP contribution in [0, 0.1) is 0 Å². The van der Waals surface area contributed by atoms with Crippen molar-refractivity contribution in [1.29, 1.82) is 0 Å². The highest BCUT2D eigenvalue weighted by molar-refractivity contribution is 7.92. The Morgan fingerprint density at radius 1 is 0.692 bits per heavy atom. The third-order valence-corrected chi connectivity index (χ3v) is 10.1. The molecule has 0 aliphatic rings. The zero-order chi connectivity index (χ0) is 18.5. The van der Waals surface area contributed by atoms with E-state index in [4.69, 9.17) is 4.75 Å². The summed E-state index contributed by atoms with van der Waals surface area (Å²) in [5, 5.41) is 2.53. The van der Waals surface area contributed by atoms with E-state index in [1.807, 2.05) is 6.07 Å². The quantitative estimate of drug-likeness (QED) is 0.390. The molecule has 0 aliphatic heterocycles. The Labute approximate surface area is 158 Å². The van der Waals surface area contributed by atoms with Crippen LogP contribution in [0.5, 0.6) is 0 Å². The highest BCUT2D eigenvalue weighted by atomic mass is 31.2. The molecule has 0 radical (unpaired) electrons. The Morgan fingerprint density at radius 2 is 1.12 bits per heavy atom. The normalized spacial score (nSPS) is 11.7. The molecule has 0 atom stereocenters.